The number of tetrazole rings is 1. The Bertz CT molecular complexity index is 1270. The van der Waals surface area contributed by atoms with E-state index in [1.807, 2.05) is 56.4 Å². The van der Waals surface area contributed by atoms with Crippen molar-refractivity contribution < 1.29 is 9.84 Å². The van der Waals surface area contributed by atoms with Gasteiger partial charge in [-0.3, -0.25) is 9.48 Å². The summed E-state index contributed by atoms with van der Waals surface area (Å²) in [5.41, 5.74) is 2.56. The first-order valence-electron chi connectivity index (χ1n) is 10.2. The van der Waals surface area contributed by atoms with Crippen molar-refractivity contribution in [2.45, 2.75) is 24.8 Å². The van der Waals surface area contributed by atoms with E-state index in [1.54, 1.807) is 21.5 Å². The fourth-order valence-corrected chi connectivity index (χ4v) is 4.23. The van der Waals surface area contributed by atoms with Crippen LogP contribution in [-0.4, -0.2) is 53.1 Å². The van der Waals surface area contributed by atoms with Crippen LogP contribution >= 0.6 is 23.4 Å². The molecule has 0 aliphatic heterocycles. The second kappa shape index (κ2) is 10.3. The highest BCUT2D eigenvalue weighted by molar-refractivity contribution is 7.99. The van der Waals surface area contributed by atoms with Gasteiger partial charge in [-0.2, -0.15) is 4.68 Å². The van der Waals surface area contributed by atoms with Gasteiger partial charge in [0.05, 0.1) is 30.7 Å². The normalized spacial score (nSPS) is 12.2. The summed E-state index contributed by atoms with van der Waals surface area (Å²) in [5.74, 6) is 0.305. The van der Waals surface area contributed by atoms with Crippen LogP contribution in [0.2, 0.25) is 5.02 Å². The van der Waals surface area contributed by atoms with Gasteiger partial charge in [0.2, 0.25) is 5.16 Å². The van der Waals surface area contributed by atoms with Crippen molar-refractivity contribution in [2.75, 3.05) is 12.4 Å². The monoisotopic (exact) mass is 486 g/mol. The number of para-hydroxylation sites is 1. The first-order chi connectivity index (χ1) is 16.0. The second-order valence-electron chi connectivity index (χ2n) is 7.39. The van der Waals surface area contributed by atoms with Crippen molar-refractivity contribution >= 4 is 23.4 Å². The van der Waals surface area contributed by atoms with Gasteiger partial charge in [0.15, 0.2) is 5.69 Å². The van der Waals surface area contributed by atoms with E-state index in [9.17, 15) is 9.90 Å². The van der Waals surface area contributed by atoms with Crippen LogP contribution in [0.4, 0.5) is 0 Å². The Morgan fingerprint density at radius 2 is 1.88 bits per heavy atom. The number of rotatable bonds is 9. The minimum atomic E-state index is -0.731. The summed E-state index contributed by atoms with van der Waals surface area (Å²) in [6.07, 6.45) is -0.731. The van der Waals surface area contributed by atoms with E-state index in [1.165, 1.54) is 16.4 Å². The van der Waals surface area contributed by atoms with Gasteiger partial charge in [0.25, 0.3) is 5.56 Å². The lowest BCUT2D eigenvalue weighted by atomic mass is 10.2. The van der Waals surface area contributed by atoms with Gasteiger partial charge >= 0.3 is 0 Å². The molecule has 0 amide bonds. The van der Waals surface area contributed by atoms with Gasteiger partial charge in [-0.25, -0.2) is 4.68 Å². The van der Waals surface area contributed by atoms with E-state index in [4.69, 9.17) is 16.3 Å². The van der Waals surface area contributed by atoms with E-state index < -0.39 is 6.10 Å². The third-order valence-corrected chi connectivity index (χ3v) is 6.39. The first-order valence-corrected chi connectivity index (χ1v) is 11.6. The topological polar surface area (TPSA) is 100.0 Å². The predicted molar refractivity (Wildman–Crippen MR) is 126 cm³/mol. The molecular weight excluding hydrogens is 464 g/mol. The van der Waals surface area contributed by atoms with Crippen molar-refractivity contribution in [1.82, 2.24) is 29.6 Å². The Balaban J connectivity index is 1.43. The minimum Gasteiger partial charge on any atom is -0.390 e. The maximum atomic E-state index is 13.2. The zero-order valence-corrected chi connectivity index (χ0v) is 19.7. The standard InChI is InChI=1S/C22H23ClN6O3S/c1-15-20(21(31)29(27(15)2)18-6-4-3-5-7-18)28-22(24-25-26-28)33-14-19(30)13-32-12-16-8-10-17(23)11-9-16/h3-11,19,30H,12-14H2,1-2H3. The van der Waals surface area contributed by atoms with Crippen LogP contribution in [0.15, 0.2) is 64.5 Å². The van der Waals surface area contributed by atoms with Crippen LogP contribution in [-0.2, 0) is 18.4 Å². The molecule has 4 rings (SSSR count). The van der Waals surface area contributed by atoms with Gasteiger partial charge < -0.3 is 9.84 Å². The van der Waals surface area contributed by atoms with Gasteiger partial charge in [-0.05, 0) is 47.2 Å². The highest BCUT2D eigenvalue weighted by Gasteiger charge is 2.22. The van der Waals surface area contributed by atoms with E-state index in [0.29, 0.717) is 33.9 Å². The Hall–Kier alpha value is -2.92. The van der Waals surface area contributed by atoms with Crippen LogP contribution in [0.5, 0.6) is 0 Å². The Labute approximate surface area is 199 Å². The fraction of sp³-hybridized carbons (Fsp3) is 0.273. The van der Waals surface area contributed by atoms with Crippen molar-refractivity contribution in [3.63, 3.8) is 0 Å². The summed E-state index contributed by atoms with van der Waals surface area (Å²) in [5, 5.41) is 23.2. The molecule has 2 aromatic heterocycles. The highest BCUT2D eigenvalue weighted by Crippen LogP contribution is 2.21. The Morgan fingerprint density at radius 1 is 1.15 bits per heavy atom. The molecule has 1 unspecified atom stereocenters. The van der Waals surface area contributed by atoms with Crippen LogP contribution in [0.25, 0.3) is 11.4 Å². The molecule has 0 aliphatic carbocycles. The number of hydrogen-bond acceptors (Lipinski definition) is 7. The van der Waals surface area contributed by atoms with Gasteiger partial charge in [0, 0.05) is 17.8 Å². The molecule has 0 saturated carbocycles. The number of nitrogens with zero attached hydrogens (tertiary/aromatic N) is 6. The molecule has 33 heavy (non-hydrogen) atoms. The maximum Gasteiger partial charge on any atom is 0.297 e. The quantitative estimate of drug-likeness (QED) is 0.363. The summed E-state index contributed by atoms with van der Waals surface area (Å²) < 4.78 is 10.3. The minimum absolute atomic E-state index is 0.155. The number of aliphatic hydroxyl groups is 1. The summed E-state index contributed by atoms with van der Waals surface area (Å²) in [4.78, 5) is 13.2. The van der Waals surface area contributed by atoms with Crippen molar-refractivity contribution in [1.29, 1.82) is 0 Å². The van der Waals surface area contributed by atoms with E-state index in [-0.39, 0.29) is 12.2 Å². The van der Waals surface area contributed by atoms with Crippen molar-refractivity contribution in [3.05, 3.63) is 81.2 Å². The van der Waals surface area contributed by atoms with Gasteiger partial charge in [-0.15, -0.1) is 5.10 Å². The van der Waals surface area contributed by atoms with Crippen LogP contribution in [0.3, 0.4) is 0 Å². The molecule has 0 saturated heterocycles. The van der Waals surface area contributed by atoms with E-state index in [2.05, 4.69) is 15.5 Å². The molecule has 0 fully saturated rings. The zero-order valence-electron chi connectivity index (χ0n) is 18.1. The number of thioether (sulfide) groups is 1. The van der Waals surface area contributed by atoms with Crippen molar-refractivity contribution in [2.24, 2.45) is 7.05 Å². The lowest BCUT2D eigenvalue weighted by molar-refractivity contribution is 0.0398. The number of hydrogen-bond donors (Lipinski definition) is 1. The summed E-state index contributed by atoms with van der Waals surface area (Å²) >= 11 is 7.14. The molecular formula is C22H23ClN6O3S. The summed E-state index contributed by atoms with van der Waals surface area (Å²) in [6.45, 7) is 2.37. The van der Waals surface area contributed by atoms with Crippen LogP contribution in [0.1, 0.15) is 11.3 Å². The zero-order chi connectivity index (χ0) is 23.4. The molecule has 4 aromatic rings. The highest BCUT2D eigenvalue weighted by atomic mass is 35.5. The lowest BCUT2D eigenvalue weighted by Gasteiger charge is -2.11. The lowest BCUT2D eigenvalue weighted by Crippen LogP contribution is -2.22. The molecule has 9 nitrogen and oxygen atoms in total. The molecule has 172 valence electrons. The third kappa shape index (κ3) is 5.19. The Kier molecular flexibility index (Phi) is 7.29. The number of ether oxygens (including phenoxy) is 1. The molecule has 2 aromatic carbocycles. The molecule has 0 radical (unpaired) electrons. The average molecular weight is 487 g/mol. The summed E-state index contributed by atoms with van der Waals surface area (Å²) in [7, 11) is 1.81. The SMILES string of the molecule is Cc1c(-n2nnnc2SCC(O)COCc2ccc(Cl)cc2)c(=O)n(-c2ccccc2)n1C. The smallest absolute Gasteiger partial charge is 0.297 e. The van der Waals surface area contributed by atoms with Crippen LogP contribution < -0.4 is 5.56 Å². The predicted octanol–water partition coefficient (Wildman–Crippen LogP) is 2.78. The molecule has 2 heterocycles. The number of benzene rings is 2. The molecule has 0 aliphatic rings. The van der Waals surface area contributed by atoms with Gasteiger partial charge in [-0.1, -0.05) is 53.7 Å². The third-order valence-electron chi connectivity index (χ3n) is 5.07. The first kappa shape index (κ1) is 23.2. The molecule has 0 bridgehead atoms. The van der Waals surface area contributed by atoms with Crippen LogP contribution in [0, 0.1) is 6.92 Å². The number of aliphatic hydroxyl groups excluding tert-OH is 1. The van der Waals surface area contributed by atoms with E-state index >= 15 is 0 Å². The molecule has 11 heteroatoms. The average Bonchev–Trinajstić information content (AvgIpc) is 3.36. The number of halogens is 1. The largest absolute Gasteiger partial charge is 0.390 e. The van der Waals surface area contributed by atoms with Gasteiger partial charge in [0.1, 0.15) is 0 Å². The Morgan fingerprint density at radius 3 is 2.61 bits per heavy atom. The van der Waals surface area contributed by atoms with E-state index in [0.717, 1.165) is 11.3 Å². The second-order valence-corrected chi connectivity index (χ2v) is 8.81. The van der Waals surface area contributed by atoms with Crippen molar-refractivity contribution in [3.8, 4) is 11.4 Å². The molecule has 0 spiro atoms. The molecule has 1 atom stereocenters. The molecule has 1 N–H and O–H groups in total. The number of aromatic nitrogens is 6. The summed E-state index contributed by atoms with van der Waals surface area (Å²) in [6, 6.07) is 16.7. The maximum absolute atomic E-state index is 13.2. The fourth-order valence-electron chi connectivity index (χ4n) is 3.32.